The van der Waals surface area contributed by atoms with Crippen molar-refractivity contribution in [3.05, 3.63) is 82.0 Å². The molecule has 0 fully saturated rings. The maximum atomic E-state index is 12.9. The van der Waals surface area contributed by atoms with E-state index in [1.54, 1.807) is 60.9 Å². The number of hydrogen-bond donors (Lipinski definition) is 1. The van der Waals surface area contributed by atoms with Gasteiger partial charge in [0.05, 0.1) is 16.2 Å². The van der Waals surface area contributed by atoms with Crippen molar-refractivity contribution in [1.82, 2.24) is 4.57 Å². The lowest BCUT2D eigenvalue weighted by atomic mass is 10.2. The highest BCUT2D eigenvalue weighted by atomic mass is 35.5. The lowest BCUT2D eigenvalue weighted by molar-refractivity contribution is -0.274. The molecular formula is C27H22Cl2F3NO5. The number of halogens is 5. The van der Waals surface area contributed by atoms with Crippen LogP contribution in [0.25, 0.3) is 10.9 Å². The Labute approximate surface area is 226 Å². The van der Waals surface area contributed by atoms with Gasteiger partial charge in [-0.2, -0.15) is 0 Å². The Morgan fingerprint density at radius 1 is 1.03 bits per heavy atom. The summed E-state index contributed by atoms with van der Waals surface area (Å²) >= 11 is 12.2. The molecule has 38 heavy (non-hydrogen) atoms. The maximum absolute atomic E-state index is 12.9. The zero-order valence-corrected chi connectivity index (χ0v) is 21.7. The van der Waals surface area contributed by atoms with E-state index < -0.39 is 18.4 Å². The molecule has 4 aromatic rings. The van der Waals surface area contributed by atoms with Crippen LogP contribution < -0.4 is 14.2 Å². The van der Waals surface area contributed by atoms with Crippen LogP contribution in [0.3, 0.4) is 0 Å². The third kappa shape index (κ3) is 6.28. The number of rotatable bonds is 9. The zero-order chi connectivity index (χ0) is 27.6. The highest BCUT2D eigenvalue weighted by molar-refractivity contribution is 6.32. The van der Waals surface area contributed by atoms with E-state index in [9.17, 15) is 23.1 Å². The van der Waals surface area contributed by atoms with Crippen LogP contribution in [0.2, 0.25) is 10.0 Å². The van der Waals surface area contributed by atoms with Crippen molar-refractivity contribution < 1.29 is 37.3 Å². The molecule has 1 heterocycles. The van der Waals surface area contributed by atoms with Gasteiger partial charge < -0.3 is 23.9 Å². The first-order valence-electron chi connectivity index (χ1n) is 11.4. The van der Waals surface area contributed by atoms with Gasteiger partial charge in [-0.25, -0.2) is 4.79 Å². The van der Waals surface area contributed by atoms with E-state index in [0.29, 0.717) is 38.7 Å². The minimum Gasteiger partial charge on any atom is -0.479 e. The predicted molar refractivity (Wildman–Crippen MR) is 138 cm³/mol. The summed E-state index contributed by atoms with van der Waals surface area (Å²) in [5, 5.41) is 10.7. The first-order chi connectivity index (χ1) is 17.9. The number of hydrogen-bond acceptors (Lipinski definition) is 4. The van der Waals surface area contributed by atoms with Crippen molar-refractivity contribution in [3.8, 4) is 23.0 Å². The third-order valence-electron chi connectivity index (χ3n) is 5.76. The van der Waals surface area contributed by atoms with Crippen LogP contribution in [0.15, 0.2) is 60.7 Å². The second-order valence-electron chi connectivity index (χ2n) is 8.40. The maximum Gasteiger partial charge on any atom is 0.573 e. The molecule has 0 bridgehead atoms. The van der Waals surface area contributed by atoms with Crippen LogP contribution in [-0.2, 0) is 11.3 Å². The summed E-state index contributed by atoms with van der Waals surface area (Å²) in [5.41, 5.74) is 1.74. The first kappa shape index (κ1) is 27.5. The molecule has 0 radical (unpaired) electrons. The number of carboxylic acids is 1. The quantitative estimate of drug-likeness (QED) is 0.220. The summed E-state index contributed by atoms with van der Waals surface area (Å²) in [6.45, 7) is 3.65. The highest BCUT2D eigenvalue weighted by Crippen LogP contribution is 2.39. The number of carbonyl (C=O) groups is 1. The van der Waals surface area contributed by atoms with Crippen LogP contribution in [0.5, 0.6) is 23.0 Å². The minimum atomic E-state index is -4.86. The zero-order valence-electron chi connectivity index (χ0n) is 20.2. The molecule has 0 saturated carbocycles. The van der Waals surface area contributed by atoms with Crippen molar-refractivity contribution in [3.63, 3.8) is 0 Å². The number of nitrogens with zero attached hydrogens (tertiary/aromatic N) is 1. The van der Waals surface area contributed by atoms with Gasteiger partial charge in [0, 0.05) is 23.0 Å². The number of carboxylic acid groups (broad SMARTS) is 1. The van der Waals surface area contributed by atoms with Crippen LogP contribution in [0, 0.1) is 6.92 Å². The highest BCUT2D eigenvalue weighted by Gasteiger charge is 2.31. The first-order valence-corrected chi connectivity index (χ1v) is 12.2. The minimum absolute atomic E-state index is 0.186. The summed E-state index contributed by atoms with van der Waals surface area (Å²) < 4.78 is 56.4. The van der Waals surface area contributed by atoms with Gasteiger partial charge in [-0.05, 0) is 67.4 Å². The van der Waals surface area contributed by atoms with E-state index >= 15 is 0 Å². The van der Waals surface area contributed by atoms with Gasteiger partial charge in [0.15, 0.2) is 11.9 Å². The van der Waals surface area contributed by atoms with Crippen molar-refractivity contribution in [2.24, 2.45) is 0 Å². The van der Waals surface area contributed by atoms with Gasteiger partial charge in [-0.1, -0.05) is 36.2 Å². The fraction of sp³-hybridized carbons (Fsp3) is 0.222. The molecule has 0 spiro atoms. The molecule has 1 unspecified atom stereocenters. The fourth-order valence-electron chi connectivity index (χ4n) is 3.96. The summed E-state index contributed by atoms with van der Waals surface area (Å²) in [5.74, 6) is -0.375. The Bertz CT molecular complexity index is 1470. The smallest absolute Gasteiger partial charge is 0.479 e. The second kappa shape index (κ2) is 11.0. The lowest BCUT2D eigenvalue weighted by Gasteiger charge is -2.16. The summed E-state index contributed by atoms with van der Waals surface area (Å²) in [7, 11) is 0. The SMILES string of the molecule is CCC(Oc1cc(Cn2c(C)c(Oc3ccc(Cl)cc3)c3ccc(OC(F)(F)F)cc32)ccc1Cl)C(=O)O. The van der Waals surface area contributed by atoms with E-state index in [-0.39, 0.29) is 29.5 Å². The summed E-state index contributed by atoms with van der Waals surface area (Å²) in [6.07, 6.45) is -5.71. The van der Waals surface area contributed by atoms with Crippen LogP contribution in [-0.4, -0.2) is 28.1 Å². The molecule has 3 aromatic carbocycles. The topological polar surface area (TPSA) is 69.9 Å². The van der Waals surface area contributed by atoms with E-state index in [2.05, 4.69) is 4.74 Å². The summed E-state index contributed by atoms with van der Waals surface area (Å²) in [4.78, 5) is 11.4. The van der Waals surface area contributed by atoms with Crippen molar-refractivity contribution in [1.29, 1.82) is 0 Å². The molecule has 1 N–H and O–H groups in total. The van der Waals surface area contributed by atoms with E-state index in [1.807, 2.05) is 0 Å². The van der Waals surface area contributed by atoms with E-state index in [1.165, 1.54) is 18.2 Å². The molecule has 0 amide bonds. The van der Waals surface area contributed by atoms with Gasteiger partial charge in [-0.3, -0.25) is 0 Å². The number of aliphatic carboxylic acids is 1. The number of benzene rings is 3. The van der Waals surface area contributed by atoms with Crippen molar-refractivity contribution >= 4 is 40.1 Å². The Hall–Kier alpha value is -3.56. The van der Waals surface area contributed by atoms with Crippen LogP contribution >= 0.6 is 23.2 Å². The van der Waals surface area contributed by atoms with Crippen LogP contribution in [0.1, 0.15) is 24.6 Å². The Morgan fingerprint density at radius 3 is 2.34 bits per heavy atom. The number of ether oxygens (including phenoxy) is 3. The fourth-order valence-corrected chi connectivity index (χ4v) is 4.24. The molecule has 1 atom stereocenters. The number of alkyl halides is 3. The van der Waals surface area contributed by atoms with E-state index in [0.717, 1.165) is 0 Å². The Balaban J connectivity index is 1.78. The average molecular weight is 568 g/mol. The van der Waals surface area contributed by atoms with Gasteiger partial charge in [-0.15, -0.1) is 13.2 Å². The molecule has 11 heteroatoms. The van der Waals surface area contributed by atoms with E-state index in [4.69, 9.17) is 32.7 Å². The molecular weight excluding hydrogens is 546 g/mol. The molecule has 0 saturated heterocycles. The normalized spacial score (nSPS) is 12.4. The van der Waals surface area contributed by atoms with Gasteiger partial charge in [0.25, 0.3) is 0 Å². The molecule has 200 valence electrons. The number of fused-ring (bicyclic) bond motifs is 1. The number of aromatic nitrogens is 1. The average Bonchev–Trinajstić information content (AvgIpc) is 3.09. The molecule has 1 aromatic heterocycles. The van der Waals surface area contributed by atoms with Crippen molar-refractivity contribution in [2.45, 2.75) is 39.3 Å². The Kier molecular flexibility index (Phi) is 7.99. The molecule has 4 rings (SSSR count). The molecule has 0 aliphatic heterocycles. The summed E-state index contributed by atoms with van der Waals surface area (Å²) in [6, 6.07) is 15.6. The largest absolute Gasteiger partial charge is 0.573 e. The molecule has 6 nitrogen and oxygen atoms in total. The van der Waals surface area contributed by atoms with Gasteiger partial charge in [0.1, 0.15) is 17.2 Å². The predicted octanol–water partition coefficient (Wildman–Crippen LogP) is 8.24. The Morgan fingerprint density at radius 2 is 1.71 bits per heavy atom. The van der Waals surface area contributed by atoms with Crippen LogP contribution in [0.4, 0.5) is 13.2 Å². The molecule has 0 aliphatic rings. The third-order valence-corrected chi connectivity index (χ3v) is 6.32. The van der Waals surface area contributed by atoms with Gasteiger partial charge >= 0.3 is 12.3 Å². The standard InChI is InChI=1S/C27H22Cl2F3NO5/c1-3-23(26(34)35)37-24-12-16(4-11-21(24)29)14-33-15(2)25(36-18-7-5-17(28)6-8-18)20-10-9-19(13-22(20)33)38-27(30,31)32/h4-13,23H,3,14H2,1-2H3,(H,34,35). The van der Waals surface area contributed by atoms with Gasteiger partial charge in [0.2, 0.25) is 0 Å². The van der Waals surface area contributed by atoms with Crippen molar-refractivity contribution in [2.75, 3.05) is 0 Å². The monoisotopic (exact) mass is 567 g/mol. The molecule has 0 aliphatic carbocycles. The lowest BCUT2D eigenvalue weighted by Crippen LogP contribution is -2.26. The second-order valence-corrected chi connectivity index (χ2v) is 9.24.